The van der Waals surface area contributed by atoms with E-state index in [2.05, 4.69) is 42.9 Å². The minimum absolute atomic E-state index is 0. The summed E-state index contributed by atoms with van der Waals surface area (Å²) in [6.45, 7) is 17.0. The Morgan fingerprint density at radius 3 is 1.10 bits per heavy atom. The summed E-state index contributed by atoms with van der Waals surface area (Å²) in [6.07, 6.45) is 20.4. The first kappa shape index (κ1) is 70.6. The molecule has 0 amide bonds. The molecule has 0 aliphatic rings. The number of carbonyl (C=O) groups is 2. The molecule has 0 aliphatic heterocycles. The number of nitro groups is 2. The van der Waals surface area contributed by atoms with Crippen LogP contribution < -0.4 is 18.9 Å². The summed E-state index contributed by atoms with van der Waals surface area (Å²) in [5.41, 5.74) is 6.44. The first-order valence-corrected chi connectivity index (χ1v) is 29.7. The van der Waals surface area contributed by atoms with Crippen molar-refractivity contribution in [3.05, 3.63) is 188 Å². The highest BCUT2D eigenvalue weighted by atomic mass is 79.9. The summed E-state index contributed by atoms with van der Waals surface area (Å²) in [5.74, 6) is 1.21. The quantitative estimate of drug-likeness (QED) is 0.00842. The first-order valence-electron chi connectivity index (χ1n) is 27.6. The summed E-state index contributed by atoms with van der Waals surface area (Å²) in [4.78, 5) is 47.0. The number of ether oxygens (including phenoxy) is 4. The maximum Gasteiger partial charge on any atom is 0.344 e. The Morgan fingerprint density at radius 2 is 0.765 bits per heavy atom. The minimum atomic E-state index is -0.631. The van der Waals surface area contributed by atoms with Gasteiger partial charge in [0, 0.05) is 28.6 Å². The van der Waals surface area contributed by atoms with Crippen LogP contribution in [0.2, 0.25) is 0 Å². The van der Waals surface area contributed by atoms with Gasteiger partial charge in [-0.15, -0.1) is 36.4 Å². The van der Waals surface area contributed by atoms with Crippen molar-refractivity contribution in [2.75, 3.05) is 18.6 Å². The zero-order chi connectivity index (χ0) is 58.7. The molecule has 0 aliphatic carbocycles. The SMILES string of the molecule is C.C=C.CCCCCCCCCCOc1ccc(-c2ccc(OC(=O)c3cc([N+](=O)[O-])c(C)cc3C)cc2)cc1.CCCCCCCCCCOc1ccc(-c2ccc(OC(=O)c3cc([N+](=O)[O-])c(C)cc3CBr)cc2)cc1.ClCCl. The van der Waals surface area contributed by atoms with E-state index in [9.17, 15) is 29.8 Å². The lowest BCUT2D eigenvalue weighted by Crippen LogP contribution is -2.12. The largest absolute Gasteiger partial charge is 0.494 e. The number of hydrogen-bond donors (Lipinski definition) is 0. The fourth-order valence-corrected chi connectivity index (χ4v) is 9.07. The summed E-state index contributed by atoms with van der Waals surface area (Å²) in [6, 6.07) is 36.1. The van der Waals surface area contributed by atoms with Gasteiger partial charge in [0.15, 0.2) is 0 Å². The second-order valence-electron chi connectivity index (χ2n) is 19.0. The highest BCUT2D eigenvalue weighted by Gasteiger charge is 2.22. The third-order valence-electron chi connectivity index (χ3n) is 13.0. The second-order valence-corrected chi connectivity index (χ2v) is 20.4. The van der Waals surface area contributed by atoms with Gasteiger partial charge in [-0.1, -0.05) is 176 Å². The number of rotatable bonds is 29. The van der Waals surface area contributed by atoms with Crippen LogP contribution in [-0.2, 0) is 5.33 Å². The van der Waals surface area contributed by atoms with Crippen molar-refractivity contribution >= 4 is 62.4 Å². The molecule has 0 saturated carbocycles. The molecule has 0 atom stereocenters. The molecule has 0 bridgehead atoms. The van der Waals surface area contributed by atoms with Gasteiger partial charge in [0.2, 0.25) is 0 Å². The molecular weight excluding hydrogens is 1130 g/mol. The molecule has 0 unspecified atom stereocenters. The Hall–Kier alpha value is -6.54. The van der Waals surface area contributed by atoms with Crippen LogP contribution in [0, 0.1) is 41.0 Å². The molecule has 438 valence electrons. The average Bonchev–Trinajstić information content (AvgIpc) is 3.51. The molecule has 6 aromatic carbocycles. The van der Waals surface area contributed by atoms with Crippen molar-refractivity contribution in [1.82, 2.24) is 0 Å². The zero-order valence-electron chi connectivity index (χ0n) is 47.2. The zero-order valence-corrected chi connectivity index (χ0v) is 50.3. The number of halogens is 3. The van der Waals surface area contributed by atoms with E-state index in [1.165, 1.54) is 102 Å². The third-order valence-corrected chi connectivity index (χ3v) is 13.6. The topological polar surface area (TPSA) is 157 Å². The summed E-state index contributed by atoms with van der Waals surface area (Å²) < 4.78 is 22.8. The van der Waals surface area contributed by atoms with E-state index >= 15 is 0 Å². The summed E-state index contributed by atoms with van der Waals surface area (Å²) >= 11 is 12.9. The van der Waals surface area contributed by atoms with Crippen molar-refractivity contribution in [1.29, 1.82) is 0 Å². The molecule has 6 rings (SSSR count). The molecule has 0 heterocycles. The average molecular weight is 1220 g/mol. The van der Waals surface area contributed by atoms with Gasteiger partial charge in [-0.25, -0.2) is 9.59 Å². The van der Waals surface area contributed by atoms with Crippen LogP contribution in [0.5, 0.6) is 23.0 Å². The van der Waals surface area contributed by atoms with E-state index in [0.717, 1.165) is 59.8 Å². The predicted molar refractivity (Wildman–Crippen MR) is 337 cm³/mol. The lowest BCUT2D eigenvalue weighted by atomic mass is 10.0. The van der Waals surface area contributed by atoms with Gasteiger partial charge in [-0.3, -0.25) is 20.2 Å². The Labute approximate surface area is 500 Å². The Kier molecular flexibility index (Phi) is 35.4. The van der Waals surface area contributed by atoms with Crippen molar-refractivity contribution in [2.45, 2.75) is 150 Å². The molecule has 0 spiro atoms. The number of nitro benzene ring substituents is 2. The first-order chi connectivity index (χ1) is 38.7. The van der Waals surface area contributed by atoms with E-state index in [1.807, 2.05) is 72.8 Å². The van der Waals surface area contributed by atoms with Crippen molar-refractivity contribution in [2.24, 2.45) is 0 Å². The Bertz CT molecular complexity index is 2790. The summed E-state index contributed by atoms with van der Waals surface area (Å²) in [5, 5.41) is 23.1. The number of hydrogen-bond acceptors (Lipinski definition) is 10. The fraction of sp³-hybridized carbons (Fsp3) is 0.394. The third kappa shape index (κ3) is 25.4. The van der Waals surface area contributed by atoms with E-state index in [4.69, 9.17) is 42.1 Å². The Morgan fingerprint density at radius 1 is 0.469 bits per heavy atom. The van der Waals surface area contributed by atoms with Crippen LogP contribution in [0.15, 0.2) is 134 Å². The molecule has 0 fully saturated rings. The van der Waals surface area contributed by atoms with Crippen molar-refractivity contribution < 1.29 is 38.4 Å². The number of esters is 2. The van der Waals surface area contributed by atoms with Crippen molar-refractivity contribution in [3.8, 4) is 45.3 Å². The molecule has 0 saturated heterocycles. The summed E-state index contributed by atoms with van der Waals surface area (Å²) in [7, 11) is 0. The second kappa shape index (κ2) is 40.6. The maximum atomic E-state index is 12.8. The van der Waals surface area contributed by atoms with Crippen LogP contribution >= 0.6 is 39.1 Å². The van der Waals surface area contributed by atoms with Gasteiger partial charge in [-0.2, -0.15) is 0 Å². The predicted octanol–water partition coefficient (Wildman–Crippen LogP) is 20.7. The molecule has 0 radical (unpaired) electrons. The van der Waals surface area contributed by atoms with E-state index in [1.54, 1.807) is 57.2 Å². The molecule has 6 aromatic rings. The lowest BCUT2D eigenvalue weighted by molar-refractivity contribution is -0.385. The normalized spacial score (nSPS) is 10.3. The van der Waals surface area contributed by atoms with Crippen LogP contribution in [0.25, 0.3) is 22.3 Å². The van der Waals surface area contributed by atoms with E-state index in [-0.39, 0.29) is 35.3 Å². The van der Waals surface area contributed by atoms with Gasteiger partial charge >= 0.3 is 11.9 Å². The van der Waals surface area contributed by atoms with Crippen LogP contribution in [0.4, 0.5) is 11.4 Å². The number of nitrogens with zero attached hydrogens (tertiary/aromatic N) is 2. The van der Waals surface area contributed by atoms with E-state index in [0.29, 0.717) is 39.1 Å². The number of carbonyl (C=O) groups excluding carboxylic acids is 2. The van der Waals surface area contributed by atoms with Crippen LogP contribution in [0.1, 0.15) is 167 Å². The number of aryl methyl sites for hydroxylation is 3. The van der Waals surface area contributed by atoms with Crippen LogP contribution in [-0.4, -0.2) is 40.3 Å². The van der Waals surface area contributed by atoms with E-state index < -0.39 is 21.8 Å². The number of unbranched alkanes of at least 4 members (excludes halogenated alkanes) is 14. The lowest BCUT2D eigenvalue weighted by Gasteiger charge is -2.10. The molecule has 0 aromatic heterocycles. The fourth-order valence-electron chi connectivity index (χ4n) is 8.61. The van der Waals surface area contributed by atoms with Gasteiger partial charge in [0.25, 0.3) is 11.4 Å². The standard InChI is InChI=1S/C31H36BrNO5.C31H37NO5.C2H4.CH2Cl2.CH4/c1-3-4-5-6-7-8-9-10-19-37-27-15-11-24(12-16-27)25-13-17-28(18-14-25)38-31(34)29-21-30(33(35)36)23(2)20-26(29)22-32;1-4-5-6-7-8-9-10-11-20-36-27-16-12-25(13-17-27)26-14-18-28(19-15-26)37-31(33)29-22-30(32(34)35)24(3)21-23(29)2;1-2;2-1-3;/h11-18,20-21H,3-10,19,22H2,1-2H3;12-19,21-22H,4-11,20H2,1-3H3;1-2H2;1H2;1H4. The minimum Gasteiger partial charge on any atom is -0.494 e. The molecule has 12 nitrogen and oxygen atoms in total. The number of alkyl halides is 3. The van der Waals surface area contributed by atoms with Gasteiger partial charge in [0.05, 0.1) is 39.5 Å². The number of benzene rings is 6. The molecule has 15 heteroatoms. The molecule has 81 heavy (non-hydrogen) atoms. The maximum absolute atomic E-state index is 12.8. The van der Waals surface area contributed by atoms with Gasteiger partial charge in [0.1, 0.15) is 23.0 Å². The highest BCUT2D eigenvalue weighted by Crippen LogP contribution is 2.30. The molecule has 0 N–H and O–H groups in total. The molecular formula is C66H83BrCl2N2O10. The van der Waals surface area contributed by atoms with Gasteiger partial charge in [-0.05, 0) is 128 Å². The van der Waals surface area contributed by atoms with Crippen LogP contribution in [0.3, 0.4) is 0 Å². The smallest absolute Gasteiger partial charge is 0.344 e. The van der Waals surface area contributed by atoms with Crippen molar-refractivity contribution in [3.63, 3.8) is 0 Å². The van der Waals surface area contributed by atoms with Gasteiger partial charge < -0.3 is 18.9 Å². The Balaban J connectivity index is 0.000000507. The monoisotopic (exact) mass is 1210 g/mol. The highest BCUT2D eigenvalue weighted by molar-refractivity contribution is 9.08.